The van der Waals surface area contributed by atoms with Crippen LogP contribution in [0.15, 0.2) is 0 Å². The minimum absolute atomic E-state index is 0.327. The number of carbonyl (C=O) groups is 1. The highest BCUT2D eigenvalue weighted by Crippen LogP contribution is 2.22. The number of amides is 1. The molecule has 0 radical (unpaired) electrons. The third kappa shape index (κ3) is 2.91. The fourth-order valence-corrected chi connectivity index (χ4v) is 2.26. The van der Waals surface area contributed by atoms with E-state index in [-0.39, 0.29) is 0 Å². The molecule has 1 amide bonds. The van der Waals surface area contributed by atoms with Gasteiger partial charge in [-0.15, -0.1) is 0 Å². The van der Waals surface area contributed by atoms with E-state index in [0.717, 1.165) is 18.7 Å². The van der Waals surface area contributed by atoms with Crippen molar-refractivity contribution in [3.05, 3.63) is 0 Å². The van der Waals surface area contributed by atoms with Crippen molar-refractivity contribution in [3.63, 3.8) is 0 Å². The van der Waals surface area contributed by atoms with Gasteiger partial charge in [0, 0.05) is 19.0 Å². The third-order valence-electron chi connectivity index (χ3n) is 3.00. The van der Waals surface area contributed by atoms with Crippen molar-refractivity contribution in [1.82, 2.24) is 4.90 Å². The number of carbonyl (C=O) groups excluding carboxylic acids is 1. The van der Waals surface area contributed by atoms with Crippen LogP contribution < -0.4 is 0 Å². The molecule has 1 heterocycles. The van der Waals surface area contributed by atoms with Gasteiger partial charge in [-0.25, -0.2) is 0 Å². The van der Waals surface area contributed by atoms with Crippen molar-refractivity contribution in [3.8, 4) is 0 Å². The van der Waals surface area contributed by atoms with E-state index in [4.69, 9.17) is 0 Å². The minimum atomic E-state index is 0.327. The number of hydrogen-bond donors (Lipinski definition) is 1. The smallest absolute Gasteiger partial charge is 0.223 e. The predicted molar refractivity (Wildman–Crippen MR) is 62.7 cm³/mol. The van der Waals surface area contributed by atoms with Gasteiger partial charge in [-0.3, -0.25) is 4.79 Å². The lowest BCUT2D eigenvalue weighted by Gasteiger charge is -2.24. The van der Waals surface area contributed by atoms with Gasteiger partial charge in [-0.05, 0) is 25.0 Å². The molecule has 0 aromatic heterocycles. The lowest BCUT2D eigenvalue weighted by molar-refractivity contribution is -0.129. The second-order valence-electron chi connectivity index (χ2n) is 4.29. The summed E-state index contributed by atoms with van der Waals surface area (Å²) in [5, 5.41) is 0. The van der Waals surface area contributed by atoms with E-state index in [2.05, 4.69) is 26.5 Å². The molecule has 0 aromatic carbocycles. The van der Waals surface area contributed by atoms with Gasteiger partial charge in [-0.2, -0.15) is 12.6 Å². The maximum atomic E-state index is 11.6. The fourth-order valence-electron chi connectivity index (χ4n) is 2.01. The molecule has 3 heteroatoms. The van der Waals surface area contributed by atoms with Crippen LogP contribution in [0.5, 0.6) is 0 Å². The zero-order valence-electron chi connectivity index (χ0n) is 9.20. The van der Waals surface area contributed by atoms with Crippen LogP contribution in [0.1, 0.15) is 39.5 Å². The van der Waals surface area contributed by atoms with Gasteiger partial charge in [0.15, 0.2) is 0 Å². The van der Waals surface area contributed by atoms with Gasteiger partial charge in [0.25, 0.3) is 0 Å². The summed E-state index contributed by atoms with van der Waals surface area (Å²) < 4.78 is 0. The number of thiol groups is 1. The molecule has 0 aromatic rings. The van der Waals surface area contributed by atoms with E-state index in [0.29, 0.717) is 24.3 Å². The molecule has 82 valence electrons. The van der Waals surface area contributed by atoms with E-state index in [1.54, 1.807) is 0 Å². The topological polar surface area (TPSA) is 20.3 Å². The highest BCUT2D eigenvalue weighted by molar-refractivity contribution is 7.80. The first-order valence-electron chi connectivity index (χ1n) is 5.59. The summed E-state index contributed by atoms with van der Waals surface area (Å²) in [6.45, 7) is 5.27. The van der Waals surface area contributed by atoms with Crippen LogP contribution in [0.2, 0.25) is 0 Å². The van der Waals surface area contributed by atoms with Gasteiger partial charge < -0.3 is 4.90 Å². The van der Waals surface area contributed by atoms with E-state index in [9.17, 15) is 4.79 Å². The molecule has 2 unspecified atom stereocenters. The Bertz CT molecular complexity index is 196. The number of rotatable bonds is 5. The Morgan fingerprint density at radius 3 is 2.86 bits per heavy atom. The molecule has 1 saturated heterocycles. The maximum Gasteiger partial charge on any atom is 0.223 e. The lowest BCUT2D eigenvalue weighted by atomic mass is 10.1. The quantitative estimate of drug-likeness (QED) is 0.698. The van der Waals surface area contributed by atoms with E-state index < -0.39 is 0 Å². The summed E-state index contributed by atoms with van der Waals surface area (Å²) in [6, 6.07) is 0.423. The van der Waals surface area contributed by atoms with Crippen LogP contribution in [-0.4, -0.2) is 29.1 Å². The standard InChI is InChI=1S/C11H21NOS/c1-3-4-5-9(2)12-7-10(8-14)6-11(12)13/h9-10,14H,3-8H2,1-2H3. The molecule has 2 nitrogen and oxygen atoms in total. The normalized spacial score (nSPS) is 24.4. The molecule has 1 fully saturated rings. The molecule has 0 aliphatic carbocycles. The summed E-state index contributed by atoms with van der Waals surface area (Å²) >= 11 is 4.26. The zero-order valence-corrected chi connectivity index (χ0v) is 10.1. The summed E-state index contributed by atoms with van der Waals surface area (Å²) in [6.07, 6.45) is 4.28. The molecule has 1 aliphatic heterocycles. The summed E-state index contributed by atoms with van der Waals surface area (Å²) in [4.78, 5) is 13.7. The Labute approximate surface area is 92.5 Å². The monoisotopic (exact) mass is 215 g/mol. The van der Waals surface area contributed by atoms with E-state index >= 15 is 0 Å². The Morgan fingerprint density at radius 1 is 1.64 bits per heavy atom. The first-order valence-corrected chi connectivity index (χ1v) is 6.22. The number of likely N-dealkylation sites (tertiary alicyclic amines) is 1. The molecule has 14 heavy (non-hydrogen) atoms. The summed E-state index contributed by atoms with van der Waals surface area (Å²) in [5.41, 5.74) is 0. The molecule has 0 spiro atoms. The molecular formula is C11H21NOS. The van der Waals surface area contributed by atoms with Crippen LogP contribution in [-0.2, 0) is 4.79 Å². The lowest BCUT2D eigenvalue weighted by Crippen LogP contribution is -2.34. The number of nitrogens with zero attached hydrogens (tertiary/aromatic N) is 1. The maximum absolute atomic E-state index is 11.6. The van der Waals surface area contributed by atoms with E-state index in [1.165, 1.54) is 12.8 Å². The Hall–Kier alpha value is -0.180. The molecule has 1 rings (SSSR count). The summed E-state index contributed by atoms with van der Waals surface area (Å²) in [5.74, 6) is 1.64. The van der Waals surface area contributed by atoms with Crippen molar-refractivity contribution in [1.29, 1.82) is 0 Å². The van der Waals surface area contributed by atoms with Gasteiger partial charge in [0.05, 0.1) is 0 Å². The number of hydrogen-bond acceptors (Lipinski definition) is 2. The first kappa shape index (κ1) is 11.9. The van der Waals surface area contributed by atoms with Gasteiger partial charge >= 0.3 is 0 Å². The second-order valence-corrected chi connectivity index (χ2v) is 4.66. The number of unbranched alkanes of at least 4 members (excludes halogenated alkanes) is 1. The zero-order chi connectivity index (χ0) is 10.6. The Morgan fingerprint density at radius 2 is 2.36 bits per heavy atom. The third-order valence-corrected chi connectivity index (χ3v) is 3.52. The Balaban J connectivity index is 2.40. The van der Waals surface area contributed by atoms with Crippen molar-refractivity contribution in [2.75, 3.05) is 12.3 Å². The van der Waals surface area contributed by atoms with Crippen LogP contribution >= 0.6 is 12.6 Å². The van der Waals surface area contributed by atoms with Crippen LogP contribution in [0.25, 0.3) is 0 Å². The molecule has 0 bridgehead atoms. The van der Waals surface area contributed by atoms with Crippen LogP contribution in [0, 0.1) is 5.92 Å². The minimum Gasteiger partial charge on any atom is -0.340 e. The van der Waals surface area contributed by atoms with Crippen LogP contribution in [0.4, 0.5) is 0 Å². The molecular weight excluding hydrogens is 194 g/mol. The van der Waals surface area contributed by atoms with Crippen LogP contribution in [0.3, 0.4) is 0 Å². The predicted octanol–water partition coefficient (Wildman–Crippen LogP) is 2.34. The van der Waals surface area contributed by atoms with Crippen molar-refractivity contribution < 1.29 is 4.79 Å². The highest BCUT2D eigenvalue weighted by atomic mass is 32.1. The largest absolute Gasteiger partial charge is 0.340 e. The molecule has 1 aliphatic rings. The SMILES string of the molecule is CCCCC(C)N1CC(CS)CC1=O. The molecule has 0 N–H and O–H groups in total. The van der Waals surface area contributed by atoms with E-state index in [1.807, 2.05) is 4.90 Å². The average molecular weight is 215 g/mol. The van der Waals surface area contributed by atoms with Crippen molar-refractivity contribution >= 4 is 18.5 Å². The first-order chi connectivity index (χ1) is 6.69. The van der Waals surface area contributed by atoms with Gasteiger partial charge in [-0.1, -0.05) is 19.8 Å². The highest BCUT2D eigenvalue weighted by Gasteiger charge is 2.31. The second kappa shape index (κ2) is 5.64. The summed E-state index contributed by atoms with van der Waals surface area (Å²) in [7, 11) is 0. The molecule has 0 saturated carbocycles. The average Bonchev–Trinajstić information content (AvgIpc) is 2.56. The Kier molecular flexibility index (Phi) is 4.79. The van der Waals surface area contributed by atoms with Gasteiger partial charge in [0.2, 0.25) is 5.91 Å². The van der Waals surface area contributed by atoms with Crippen molar-refractivity contribution in [2.45, 2.75) is 45.6 Å². The van der Waals surface area contributed by atoms with Crippen molar-refractivity contribution in [2.24, 2.45) is 5.92 Å². The molecule has 2 atom stereocenters. The van der Waals surface area contributed by atoms with Gasteiger partial charge in [0.1, 0.15) is 0 Å². The fraction of sp³-hybridized carbons (Fsp3) is 0.909.